The summed E-state index contributed by atoms with van der Waals surface area (Å²) in [5.74, 6) is 0.730. The van der Waals surface area contributed by atoms with E-state index in [2.05, 4.69) is 38.0 Å². The van der Waals surface area contributed by atoms with Crippen LogP contribution in [0.2, 0.25) is 0 Å². The highest BCUT2D eigenvalue weighted by Crippen LogP contribution is 2.16. The Morgan fingerprint density at radius 3 is 2.48 bits per heavy atom. The quantitative estimate of drug-likeness (QED) is 0.733. The molecule has 4 nitrogen and oxygen atoms in total. The average Bonchev–Trinajstić information content (AvgIpc) is 2.83. The van der Waals surface area contributed by atoms with Crippen LogP contribution in [0.15, 0.2) is 30.3 Å². The minimum atomic E-state index is 0.189. The summed E-state index contributed by atoms with van der Waals surface area (Å²) in [5, 5.41) is 4.63. The number of benzene rings is 1. The van der Waals surface area contributed by atoms with Crippen molar-refractivity contribution >= 4 is 5.91 Å². The van der Waals surface area contributed by atoms with Gasteiger partial charge in [0.1, 0.15) is 0 Å². The zero-order valence-electron chi connectivity index (χ0n) is 16.2. The fourth-order valence-corrected chi connectivity index (χ4v) is 3.14. The first kappa shape index (κ1) is 19.2. The summed E-state index contributed by atoms with van der Waals surface area (Å²) >= 11 is 0. The van der Waals surface area contributed by atoms with Gasteiger partial charge in [0.05, 0.1) is 12.1 Å². The lowest BCUT2D eigenvalue weighted by Gasteiger charge is -2.21. The number of hydrogen-bond acceptors (Lipinski definition) is 2. The average molecular weight is 341 g/mol. The topological polar surface area (TPSA) is 38.1 Å². The highest BCUT2D eigenvalue weighted by Gasteiger charge is 2.18. The molecule has 25 heavy (non-hydrogen) atoms. The SMILES string of the molecule is CCN(CCc1ccccc1)C(=O)Cc1c(C)nn(CC(C)C)c1C. The molecule has 2 aromatic rings. The number of rotatable bonds is 8. The van der Waals surface area contributed by atoms with E-state index in [0.29, 0.717) is 12.3 Å². The van der Waals surface area contributed by atoms with Gasteiger partial charge in [0, 0.05) is 30.9 Å². The second-order valence-corrected chi connectivity index (χ2v) is 7.11. The predicted molar refractivity (Wildman–Crippen MR) is 103 cm³/mol. The molecule has 0 aliphatic heterocycles. The molecule has 1 amide bonds. The molecule has 136 valence electrons. The Kier molecular flexibility index (Phi) is 6.80. The van der Waals surface area contributed by atoms with Gasteiger partial charge in [0.2, 0.25) is 5.91 Å². The smallest absolute Gasteiger partial charge is 0.227 e. The van der Waals surface area contributed by atoms with Gasteiger partial charge < -0.3 is 4.90 Å². The highest BCUT2D eigenvalue weighted by molar-refractivity contribution is 5.79. The van der Waals surface area contributed by atoms with Gasteiger partial charge in [-0.15, -0.1) is 0 Å². The maximum Gasteiger partial charge on any atom is 0.227 e. The number of carbonyl (C=O) groups is 1. The maximum absolute atomic E-state index is 12.8. The van der Waals surface area contributed by atoms with Crippen LogP contribution < -0.4 is 0 Å². The molecule has 2 rings (SSSR count). The molecule has 0 spiro atoms. The molecule has 1 aromatic heterocycles. The molecule has 0 saturated carbocycles. The van der Waals surface area contributed by atoms with E-state index >= 15 is 0 Å². The maximum atomic E-state index is 12.8. The number of likely N-dealkylation sites (N-methyl/N-ethyl adjacent to an activating group) is 1. The Morgan fingerprint density at radius 1 is 1.20 bits per heavy atom. The molecule has 0 atom stereocenters. The summed E-state index contributed by atoms with van der Waals surface area (Å²) in [5.41, 5.74) is 4.46. The minimum absolute atomic E-state index is 0.189. The molecule has 0 N–H and O–H groups in total. The number of hydrogen-bond donors (Lipinski definition) is 0. The van der Waals surface area contributed by atoms with E-state index in [4.69, 9.17) is 0 Å². The van der Waals surface area contributed by atoms with Gasteiger partial charge in [-0.25, -0.2) is 0 Å². The number of amides is 1. The summed E-state index contributed by atoms with van der Waals surface area (Å²) in [7, 11) is 0. The number of aromatic nitrogens is 2. The molecular weight excluding hydrogens is 310 g/mol. The standard InChI is InChI=1S/C21H31N3O/c1-6-23(13-12-19-10-8-7-9-11-19)21(25)14-20-17(4)22-24(18(20)5)15-16(2)3/h7-11,16H,6,12-15H2,1-5H3. The predicted octanol–water partition coefficient (Wildman–Crippen LogP) is 3.79. The van der Waals surface area contributed by atoms with Gasteiger partial charge in [-0.2, -0.15) is 5.10 Å². The van der Waals surface area contributed by atoms with Gasteiger partial charge in [-0.3, -0.25) is 9.48 Å². The van der Waals surface area contributed by atoms with Crippen LogP contribution in [0, 0.1) is 19.8 Å². The Morgan fingerprint density at radius 2 is 1.88 bits per heavy atom. The molecule has 1 heterocycles. The van der Waals surface area contributed by atoms with E-state index < -0.39 is 0 Å². The Balaban J connectivity index is 2.03. The molecule has 0 unspecified atom stereocenters. The number of carbonyl (C=O) groups excluding carboxylic acids is 1. The second-order valence-electron chi connectivity index (χ2n) is 7.11. The van der Waals surface area contributed by atoms with Crippen molar-refractivity contribution in [2.45, 2.75) is 54.0 Å². The van der Waals surface area contributed by atoms with Crippen LogP contribution in [0.25, 0.3) is 0 Å². The molecule has 0 saturated heterocycles. The van der Waals surface area contributed by atoms with Crippen molar-refractivity contribution in [1.82, 2.24) is 14.7 Å². The van der Waals surface area contributed by atoms with E-state index in [0.717, 1.165) is 43.0 Å². The third kappa shape index (κ3) is 5.18. The van der Waals surface area contributed by atoms with Gasteiger partial charge in [-0.1, -0.05) is 44.2 Å². The van der Waals surface area contributed by atoms with E-state index in [1.807, 2.05) is 41.6 Å². The first-order chi connectivity index (χ1) is 11.9. The van der Waals surface area contributed by atoms with E-state index in [-0.39, 0.29) is 5.91 Å². The summed E-state index contributed by atoms with van der Waals surface area (Å²) in [6.45, 7) is 12.9. The van der Waals surface area contributed by atoms with Crippen molar-refractivity contribution < 1.29 is 4.79 Å². The van der Waals surface area contributed by atoms with Crippen LogP contribution in [0.3, 0.4) is 0 Å². The van der Waals surface area contributed by atoms with Crippen LogP contribution >= 0.6 is 0 Å². The fourth-order valence-electron chi connectivity index (χ4n) is 3.14. The fraction of sp³-hybridized carbons (Fsp3) is 0.524. The normalized spacial score (nSPS) is 11.1. The Bertz CT molecular complexity index is 689. The van der Waals surface area contributed by atoms with E-state index in [9.17, 15) is 4.79 Å². The number of aryl methyl sites for hydroxylation is 1. The van der Waals surface area contributed by atoms with Gasteiger partial charge >= 0.3 is 0 Å². The summed E-state index contributed by atoms with van der Waals surface area (Å²) in [6.07, 6.45) is 1.34. The third-order valence-electron chi connectivity index (χ3n) is 4.65. The van der Waals surface area contributed by atoms with Crippen molar-refractivity contribution in [3.8, 4) is 0 Å². The minimum Gasteiger partial charge on any atom is -0.342 e. The van der Waals surface area contributed by atoms with Crippen molar-refractivity contribution in [2.75, 3.05) is 13.1 Å². The Hall–Kier alpha value is -2.10. The molecule has 0 aliphatic carbocycles. The lowest BCUT2D eigenvalue weighted by molar-refractivity contribution is -0.130. The molecule has 0 aliphatic rings. The third-order valence-corrected chi connectivity index (χ3v) is 4.65. The van der Waals surface area contributed by atoms with Crippen molar-refractivity contribution in [3.63, 3.8) is 0 Å². The van der Waals surface area contributed by atoms with Crippen LogP contribution in [-0.2, 0) is 24.2 Å². The largest absolute Gasteiger partial charge is 0.342 e. The van der Waals surface area contributed by atoms with Gasteiger partial charge in [0.25, 0.3) is 0 Å². The van der Waals surface area contributed by atoms with E-state index in [1.54, 1.807) is 0 Å². The molecular formula is C21H31N3O. The molecule has 4 heteroatoms. The van der Waals surface area contributed by atoms with Crippen molar-refractivity contribution in [2.24, 2.45) is 5.92 Å². The van der Waals surface area contributed by atoms with Gasteiger partial charge in [0.15, 0.2) is 0 Å². The summed E-state index contributed by atoms with van der Waals surface area (Å²) in [4.78, 5) is 14.7. The Labute approximate surface area is 151 Å². The van der Waals surface area contributed by atoms with Crippen LogP contribution in [0.5, 0.6) is 0 Å². The molecule has 0 fully saturated rings. The van der Waals surface area contributed by atoms with Crippen LogP contribution in [0.4, 0.5) is 0 Å². The second kappa shape index (κ2) is 8.84. The molecule has 0 radical (unpaired) electrons. The first-order valence-electron chi connectivity index (χ1n) is 9.27. The first-order valence-corrected chi connectivity index (χ1v) is 9.27. The van der Waals surface area contributed by atoms with Gasteiger partial charge in [-0.05, 0) is 38.7 Å². The summed E-state index contributed by atoms with van der Waals surface area (Å²) < 4.78 is 2.04. The molecule has 1 aromatic carbocycles. The van der Waals surface area contributed by atoms with Crippen molar-refractivity contribution in [3.05, 3.63) is 52.8 Å². The lowest BCUT2D eigenvalue weighted by Crippen LogP contribution is -2.34. The van der Waals surface area contributed by atoms with Crippen molar-refractivity contribution in [1.29, 1.82) is 0 Å². The zero-order chi connectivity index (χ0) is 18.4. The highest BCUT2D eigenvalue weighted by atomic mass is 16.2. The number of nitrogens with zero attached hydrogens (tertiary/aromatic N) is 3. The lowest BCUT2D eigenvalue weighted by atomic mass is 10.1. The zero-order valence-corrected chi connectivity index (χ0v) is 16.2. The monoisotopic (exact) mass is 341 g/mol. The summed E-state index contributed by atoms with van der Waals surface area (Å²) in [6, 6.07) is 10.3. The molecule has 0 bridgehead atoms. The van der Waals surface area contributed by atoms with E-state index in [1.165, 1.54) is 5.56 Å². The van der Waals surface area contributed by atoms with Crippen LogP contribution in [0.1, 0.15) is 43.3 Å². The van der Waals surface area contributed by atoms with Crippen LogP contribution in [-0.4, -0.2) is 33.7 Å².